The fourth-order valence-electron chi connectivity index (χ4n) is 2.49. The number of carbonyl (C=O) groups excluding carboxylic acids is 1. The number of nitrogens with two attached hydrogens (primary N) is 1. The first-order chi connectivity index (χ1) is 13.0. The molecule has 0 bridgehead atoms. The smallest absolute Gasteiger partial charge is 0.275 e. The number of pyridine rings is 1. The number of nitrogens with one attached hydrogen (secondary N) is 1. The number of carbonyl (C=O) groups is 1. The molecular formula is C18H18N6O2S. The highest BCUT2D eigenvalue weighted by Gasteiger charge is 2.31. The van der Waals surface area contributed by atoms with E-state index in [1.807, 2.05) is 6.92 Å². The molecule has 2 aromatic heterocycles. The summed E-state index contributed by atoms with van der Waals surface area (Å²) in [7, 11) is 0. The van der Waals surface area contributed by atoms with Crippen LogP contribution in [0.25, 0.3) is 0 Å². The minimum atomic E-state index is -0.508. The largest absolute Gasteiger partial charge is 0.463 e. The number of hydrogen-bond acceptors (Lipinski definition) is 8. The number of anilines is 1. The van der Waals surface area contributed by atoms with Crippen molar-refractivity contribution in [3.8, 4) is 18.2 Å². The summed E-state index contributed by atoms with van der Waals surface area (Å²) in [5, 5.41) is 3.33. The van der Waals surface area contributed by atoms with Crippen LogP contribution < -0.4 is 15.8 Å². The summed E-state index contributed by atoms with van der Waals surface area (Å²) >= 11 is 1.53. The van der Waals surface area contributed by atoms with Crippen LogP contribution in [-0.4, -0.2) is 38.4 Å². The minimum Gasteiger partial charge on any atom is -0.463 e. The Morgan fingerprint density at radius 3 is 3.00 bits per heavy atom. The molecule has 2 aromatic rings. The third-order valence-electron chi connectivity index (χ3n) is 3.93. The summed E-state index contributed by atoms with van der Waals surface area (Å²) in [5.74, 6) is 3.07. The Bertz CT molecular complexity index is 909. The molecule has 0 radical (unpaired) electrons. The molecule has 0 spiro atoms. The number of aliphatic imine (C=N–C) groups is 1. The zero-order valence-electron chi connectivity index (χ0n) is 14.7. The minimum absolute atomic E-state index is 0.0876. The molecule has 9 heteroatoms. The Balaban J connectivity index is 1.73. The van der Waals surface area contributed by atoms with Crippen molar-refractivity contribution in [3.05, 3.63) is 42.1 Å². The average Bonchev–Trinajstić information content (AvgIpc) is 2.67. The lowest BCUT2D eigenvalue weighted by Gasteiger charge is -2.28. The highest BCUT2D eigenvalue weighted by molar-refractivity contribution is 8.13. The lowest BCUT2D eigenvalue weighted by atomic mass is 9.94. The molecule has 138 valence electrons. The quantitative estimate of drug-likeness (QED) is 0.758. The van der Waals surface area contributed by atoms with Gasteiger partial charge >= 0.3 is 0 Å². The Kier molecular flexibility index (Phi) is 5.57. The van der Waals surface area contributed by atoms with Crippen LogP contribution in [0.15, 0.2) is 35.7 Å². The van der Waals surface area contributed by atoms with Gasteiger partial charge in [0.1, 0.15) is 11.2 Å². The molecule has 1 aliphatic heterocycles. The molecule has 0 fully saturated rings. The number of amidine groups is 1. The van der Waals surface area contributed by atoms with Gasteiger partial charge in [-0.15, -0.1) is 6.42 Å². The van der Waals surface area contributed by atoms with Crippen LogP contribution in [0.4, 0.5) is 5.69 Å². The molecule has 1 amide bonds. The van der Waals surface area contributed by atoms with Gasteiger partial charge in [-0.2, -0.15) is 0 Å². The maximum absolute atomic E-state index is 12.4. The van der Waals surface area contributed by atoms with Crippen molar-refractivity contribution < 1.29 is 9.53 Å². The summed E-state index contributed by atoms with van der Waals surface area (Å²) in [6.45, 7) is 2.07. The van der Waals surface area contributed by atoms with Gasteiger partial charge in [0.25, 0.3) is 5.91 Å². The van der Waals surface area contributed by atoms with Crippen LogP contribution in [0.5, 0.6) is 5.88 Å². The second-order valence-corrected chi connectivity index (χ2v) is 7.05. The maximum atomic E-state index is 12.4. The zero-order valence-corrected chi connectivity index (χ0v) is 15.5. The summed E-state index contributed by atoms with van der Waals surface area (Å²) in [6, 6.07) is 3.50. The third kappa shape index (κ3) is 4.54. The Hall–Kier alpha value is -3.12. The highest BCUT2D eigenvalue weighted by Crippen LogP contribution is 2.34. The van der Waals surface area contributed by atoms with Crippen LogP contribution in [0.1, 0.15) is 29.5 Å². The van der Waals surface area contributed by atoms with E-state index >= 15 is 0 Å². The van der Waals surface area contributed by atoms with Gasteiger partial charge in [0.2, 0.25) is 5.88 Å². The van der Waals surface area contributed by atoms with E-state index in [4.69, 9.17) is 16.9 Å². The number of amides is 1. The Labute approximate surface area is 161 Å². The predicted molar refractivity (Wildman–Crippen MR) is 105 cm³/mol. The monoisotopic (exact) mass is 382 g/mol. The van der Waals surface area contributed by atoms with E-state index < -0.39 is 11.4 Å². The Morgan fingerprint density at radius 1 is 1.44 bits per heavy atom. The zero-order chi connectivity index (χ0) is 19.3. The van der Waals surface area contributed by atoms with E-state index in [0.29, 0.717) is 10.9 Å². The van der Waals surface area contributed by atoms with E-state index in [9.17, 15) is 4.79 Å². The lowest BCUT2D eigenvalue weighted by Crippen LogP contribution is -2.29. The number of aromatic nitrogens is 3. The molecule has 0 saturated heterocycles. The first-order valence-corrected chi connectivity index (χ1v) is 9.13. The molecule has 0 aromatic carbocycles. The molecule has 1 aliphatic rings. The van der Waals surface area contributed by atoms with Gasteiger partial charge in [-0.05, 0) is 25.5 Å². The lowest BCUT2D eigenvalue weighted by molar-refractivity contribution is 0.102. The van der Waals surface area contributed by atoms with Crippen LogP contribution in [-0.2, 0) is 5.54 Å². The van der Waals surface area contributed by atoms with E-state index in [-0.39, 0.29) is 18.2 Å². The number of terminal acetylenes is 1. The van der Waals surface area contributed by atoms with Crippen molar-refractivity contribution >= 4 is 28.5 Å². The highest BCUT2D eigenvalue weighted by atomic mass is 32.2. The summed E-state index contributed by atoms with van der Waals surface area (Å²) in [6.07, 6.45) is 10.2. The van der Waals surface area contributed by atoms with E-state index in [0.717, 1.165) is 17.9 Å². The predicted octanol–water partition coefficient (Wildman–Crippen LogP) is 1.80. The van der Waals surface area contributed by atoms with Crippen molar-refractivity contribution in [2.45, 2.75) is 18.9 Å². The molecule has 8 nitrogen and oxygen atoms in total. The van der Waals surface area contributed by atoms with Crippen molar-refractivity contribution in [1.82, 2.24) is 15.0 Å². The van der Waals surface area contributed by atoms with Crippen LogP contribution >= 0.6 is 11.8 Å². The van der Waals surface area contributed by atoms with Crippen molar-refractivity contribution in [3.63, 3.8) is 0 Å². The Morgan fingerprint density at radius 2 is 2.30 bits per heavy atom. The third-order valence-corrected chi connectivity index (χ3v) is 4.72. The average molecular weight is 382 g/mol. The van der Waals surface area contributed by atoms with Crippen LogP contribution in [0, 0.1) is 12.3 Å². The number of nitrogens with zero attached hydrogens (tertiary/aromatic N) is 4. The normalized spacial score (nSPS) is 18.9. The molecule has 0 unspecified atom stereocenters. The number of ether oxygens (including phenoxy) is 1. The molecule has 1 atom stereocenters. The summed E-state index contributed by atoms with van der Waals surface area (Å²) in [4.78, 5) is 29.4. The van der Waals surface area contributed by atoms with Gasteiger partial charge in [-0.25, -0.2) is 15.0 Å². The SMILES string of the molecule is C#CCOc1cnc(C(=O)Nc2ccnc([C@]3(C)CCSC(N)=N3)c2)cn1. The maximum Gasteiger partial charge on any atom is 0.275 e. The van der Waals surface area contributed by atoms with Crippen molar-refractivity contribution in [2.75, 3.05) is 17.7 Å². The molecule has 27 heavy (non-hydrogen) atoms. The molecular weight excluding hydrogens is 364 g/mol. The van der Waals surface area contributed by atoms with Crippen LogP contribution in [0.2, 0.25) is 0 Å². The molecule has 3 heterocycles. The van der Waals surface area contributed by atoms with Gasteiger partial charge in [0.05, 0.1) is 18.1 Å². The topological polar surface area (TPSA) is 115 Å². The first kappa shape index (κ1) is 18.7. The van der Waals surface area contributed by atoms with Gasteiger partial charge < -0.3 is 15.8 Å². The summed E-state index contributed by atoms with van der Waals surface area (Å²) in [5.41, 5.74) is 6.85. The van der Waals surface area contributed by atoms with Gasteiger partial charge in [-0.1, -0.05) is 17.7 Å². The van der Waals surface area contributed by atoms with Gasteiger partial charge in [0, 0.05) is 17.6 Å². The fourth-order valence-corrected chi connectivity index (χ4v) is 3.47. The standard InChI is InChI=1S/C18H18N6O2S/c1-3-7-26-15-11-21-13(10-22-15)16(25)23-12-4-6-20-14(9-12)18(2)5-8-27-17(19)24-18/h1,4,6,9-11H,5,7-8H2,2H3,(H2,19,24)(H,20,23,25)/t18-/m0/s1. The number of rotatable bonds is 5. The molecule has 3 N–H and O–H groups in total. The first-order valence-electron chi connectivity index (χ1n) is 8.14. The van der Waals surface area contributed by atoms with E-state index in [1.54, 1.807) is 18.3 Å². The second kappa shape index (κ2) is 8.05. The number of thioether (sulfide) groups is 1. The molecule has 3 rings (SSSR count). The molecule has 0 aliphatic carbocycles. The fraction of sp³-hybridized carbons (Fsp3) is 0.278. The van der Waals surface area contributed by atoms with Gasteiger partial charge in [-0.3, -0.25) is 9.78 Å². The van der Waals surface area contributed by atoms with Crippen molar-refractivity contribution in [2.24, 2.45) is 10.7 Å². The van der Waals surface area contributed by atoms with E-state index in [1.165, 1.54) is 24.2 Å². The number of hydrogen-bond donors (Lipinski definition) is 2. The van der Waals surface area contributed by atoms with Gasteiger partial charge in [0.15, 0.2) is 11.8 Å². The summed E-state index contributed by atoms with van der Waals surface area (Å²) < 4.78 is 5.14. The van der Waals surface area contributed by atoms with Crippen LogP contribution in [0.3, 0.4) is 0 Å². The molecule has 0 saturated carbocycles. The second-order valence-electron chi connectivity index (χ2n) is 5.94. The van der Waals surface area contributed by atoms with Crippen molar-refractivity contribution in [1.29, 1.82) is 0 Å². The van der Waals surface area contributed by atoms with E-state index in [2.05, 4.69) is 31.2 Å².